The Hall–Kier alpha value is -1.33. The highest BCUT2D eigenvalue weighted by Gasteiger charge is 2.01. The Morgan fingerprint density at radius 1 is 1.36 bits per heavy atom. The van der Waals surface area contributed by atoms with Crippen LogP contribution in [-0.4, -0.2) is 5.11 Å². The van der Waals surface area contributed by atoms with Gasteiger partial charge in [0.2, 0.25) is 0 Å². The zero-order valence-electron chi connectivity index (χ0n) is 5.79. The van der Waals surface area contributed by atoms with E-state index in [1.165, 1.54) is 24.3 Å². The molecule has 0 unspecified atom stereocenters. The van der Waals surface area contributed by atoms with Crippen LogP contribution in [0.15, 0.2) is 24.3 Å². The van der Waals surface area contributed by atoms with Crippen molar-refractivity contribution < 1.29 is 9.50 Å². The van der Waals surface area contributed by atoms with E-state index in [1.54, 1.807) is 0 Å². The topological polar surface area (TPSA) is 20.2 Å². The van der Waals surface area contributed by atoms with E-state index in [-0.39, 0.29) is 5.82 Å². The van der Waals surface area contributed by atoms with E-state index in [2.05, 4.69) is 5.92 Å². The van der Waals surface area contributed by atoms with Crippen molar-refractivity contribution in [3.8, 4) is 12.3 Å². The molecule has 0 spiro atoms. The first-order valence-corrected chi connectivity index (χ1v) is 3.13. The lowest BCUT2D eigenvalue weighted by Gasteiger charge is -2.01. The molecule has 0 aliphatic rings. The van der Waals surface area contributed by atoms with Crippen molar-refractivity contribution >= 4 is 0 Å². The molecule has 0 aromatic heterocycles. The Kier molecular flexibility index (Phi) is 2.25. The third-order valence-corrected chi connectivity index (χ3v) is 1.34. The summed E-state index contributed by atoms with van der Waals surface area (Å²) in [5.74, 6) is 1.80. The first kappa shape index (κ1) is 7.77. The predicted octanol–water partition coefficient (Wildman–Crippen LogP) is 1.49. The fourth-order valence-electron chi connectivity index (χ4n) is 0.741. The van der Waals surface area contributed by atoms with Crippen molar-refractivity contribution in [2.24, 2.45) is 0 Å². The van der Waals surface area contributed by atoms with E-state index in [9.17, 15) is 4.39 Å². The molecule has 0 saturated heterocycles. The van der Waals surface area contributed by atoms with Crippen LogP contribution in [0.2, 0.25) is 0 Å². The van der Waals surface area contributed by atoms with Crippen LogP contribution in [0.3, 0.4) is 0 Å². The van der Waals surface area contributed by atoms with Gasteiger partial charge in [-0.2, -0.15) is 0 Å². The van der Waals surface area contributed by atoms with Gasteiger partial charge in [0.1, 0.15) is 11.9 Å². The second-order valence-electron chi connectivity index (χ2n) is 2.12. The standard InChI is InChI=1S/C9H7FO/c1-2-9(11)7-3-5-8(10)6-4-7/h1,3-6,9,11H/t9-/m0/s1. The Labute approximate surface area is 64.5 Å². The lowest BCUT2D eigenvalue weighted by atomic mass is 10.1. The molecule has 1 N–H and O–H groups in total. The molecule has 1 rings (SSSR count). The van der Waals surface area contributed by atoms with Gasteiger partial charge in [0.05, 0.1) is 0 Å². The number of hydrogen-bond acceptors (Lipinski definition) is 1. The van der Waals surface area contributed by atoms with Crippen molar-refractivity contribution in [1.29, 1.82) is 0 Å². The third-order valence-electron chi connectivity index (χ3n) is 1.34. The van der Waals surface area contributed by atoms with Crippen LogP contribution in [0.5, 0.6) is 0 Å². The molecule has 0 radical (unpaired) electrons. The summed E-state index contributed by atoms with van der Waals surface area (Å²) in [7, 11) is 0. The van der Waals surface area contributed by atoms with Crippen molar-refractivity contribution in [2.45, 2.75) is 6.10 Å². The molecular formula is C9H7FO. The maximum Gasteiger partial charge on any atom is 0.139 e. The van der Waals surface area contributed by atoms with Gasteiger partial charge in [0.15, 0.2) is 0 Å². The lowest BCUT2D eigenvalue weighted by Crippen LogP contribution is -1.92. The van der Waals surface area contributed by atoms with Crippen LogP contribution in [-0.2, 0) is 0 Å². The van der Waals surface area contributed by atoms with E-state index < -0.39 is 6.10 Å². The van der Waals surface area contributed by atoms with E-state index in [0.717, 1.165) is 0 Å². The minimum atomic E-state index is -0.935. The smallest absolute Gasteiger partial charge is 0.139 e. The molecule has 0 fully saturated rings. The second-order valence-corrected chi connectivity index (χ2v) is 2.12. The number of benzene rings is 1. The Balaban J connectivity index is 2.92. The molecule has 1 nitrogen and oxygen atoms in total. The summed E-state index contributed by atoms with van der Waals surface area (Å²) in [6.07, 6.45) is 4.01. The van der Waals surface area contributed by atoms with Gasteiger partial charge in [0.25, 0.3) is 0 Å². The summed E-state index contributed by atoms with van der Waals surface area (Å²) in [6.45, 7) is 0. The fraction of sp³-hybridized carbons (Fsp3) is 0.111. The molecule has 0 bridgehead atoms. The quantitative estimate of drug-likeness (QED) is 0.601. The number of terminal acetylenes is 1. The average Bonchev–Trinajstić information content (AvgIpc) is 2.05. The highest BCUT2D eigenvalue weighted by Crippen LogP contribution is 2.11. The number of hydrogen-bond donors (Lipinski definition) is 1. The Bertz CT molecular complexity index is 271. The van der Waals surface area contributed by atoms with Gasteiger partial charge in [-0.1, -0.05) is 18.1 Å². The van der Waals surface area contributed by atoms with Gasteiger partial charge in [-0.3, -0.25) is 0 Å². The largest absolute Gasteiger partial charge is 0.376 e. The van der Waals surface area contributed by atoms with Gasteiger partial charge in [-0.05, 0) is 17.7 Å². The molecule has 0 aliphatic heterocycles. The van der Waals surface area contributed by atoms with Crippen molar-refractivity contribution in [2.75, 3.05) is 0 Å². The Morgan fingerprint density at radius 3 is 2.36 bits per heavy atom. The second kappa shape index (κ2) is 3.18. The van der Waals surface area contributed by atoms with E-state index in [4.69, 9.17) is 11.5 Å². The predicted molar refractivity (Wildman–Crippen MR) is 40.2 cm³/mol. The van der Waals surface area contributed by atoms with Crippen LogP contribution < -0.4 is 0 Å². The summed E-state index contributed by atoms with van der Waals surface area (Å²) >= 11 is 0. The summed E-state index contributed by atoms with van der Waals surface area (Å²) in [6, 6.07) is 5.44. The van der Waals surface area contributed by atoms with E-state index in [0.29, 0.717) is 5.56 Å². The normalized spacial score (nSPS) is 12.1. The van der Waals surface area contributed by atoms with E-state index in [1.807, 2.05) is 0 Å². The average molecular weight is 150 g/mol. The third kappa shape index (κ3) is 1.79. The first-order valence-electron chi connectivity index (χ1n) is 3.13. The molecule has 1 aromatic rings. The summed E-state index contributed by atoms with van der Waals surface area (Å²) in [4.78, 5) is 0. The zero-order valence-corrected chi connectivity index (χ0v) is 5.79. The first-order chi connectivity index (χ1) is 5.24. The molecule has 1 atom stereocenters. The minimum Gasteiger partial charge on any atom is -0.376 e. The van der Waals surface area contributed by atoms with Gasteiger partial charge < -0.3 is 5.11 Å². The van der Waals surface area contributed by atoms with Crippen LogP contribution in [0, 0.1) is 18.2 Å². The van der Waals surface area contributed by atoms with Crippen LogP contribution in [0.1, 0.15) is 11.7 Å². The maximum atomic E-state index is 12.3. The zero-order chi connectivity index (χ0) is 8.27. The Morgan fingerprint density at radius 2 is 1.91 bits per heavy atom. The summed E-state index contributed by atoms with van der Waals surface area (Å²) < 4.78 is 12.3. The van der Waals surface area contributed by atoms with Crippen LogP contribution in [0.4, 0.5) is 4.39 Å². The van der Waals surface area contributed by atoms with Crippen molar-refractivity contribution in [3.63, 3.8) is 0 Å². The van der Waals surface area contributed by atoms with Gasteiger partial charge >= 0.3 is 0 Å². The van der Waals surface area contributed by atoms with Gasteiger partial charge in [-0.15, -0.1) is 6.42 Å². The lowest BCUT2D eigenvalue weighted by molar-refractivity contribution is 0.238. The molecule has 11 heavy (non-hydrogen) atoms. The summed E-state index contributed by atoms with van der Waals surface area (Å²) in [5, 5.41) is 9.06. The molecule has 0 amide bonds. The van der Waals surface area contributed by atoms with Gasteiger partial charge in [-0.25, -0.2) is 4.39 Å². The SMILES string of the molecule is C#C[C@H](O)c1ccc(F)cc1. The van der Waals surface area contributed by atoms with Crippen LogP contribution >= 0.6 is 0 Å². The number of aliphatic hydroxyl groups excluding tert-OH is 1. The molecule has 0 heterocycles. The fourth-order valence-corrected chi connectivity index (χ4v) is 0.741. The van der Waals surface area contributed by atoms with E-state index >= 15 is 0 Å². The highest BCUT2D eigenvalue weighted by atomic mass is 19.1. The van der Waals surface area contributed by atoms with Crippen molar-refractivity contribution in [1.82, 2.24) is 0 Å². The molecule has 0 saturated carbocycles. The minimum absolute atomic E-state index is 0.335. The molecule has 2 heteroatoms. The number of aliphatic hydroxyl groups is 1. The monoisotopic (exact) mass is 150 g/mol. The van der Waals surface area contributed by atoms with Crippen LogP contribution in [0.25, 0.3) is 0 Å². The highest BCUT2D eigenvalue weighted by molar-refractivity contribution is 5.23. The summed E-state index contributed by atoms with van der Waals surface area (Å²) in [5.41, 5.74) is 0.536. The molecule has 56 valence electrons. The molecular weight excluding hydrogens is 143 g/mol. The maximum absolute atomic E-state index is 12.3. The molecule has 1 aromatic carbocycles. The number of halogens is 1. The molecule has 0 aliphatic carbocycles. The van der Waals surface area contributed by atoms with Crippen molar-refractivity contribution in [3.05, 3.63) is 35.6 Å². The van der Waals surface area contributed by atoms with Gasteiger partial charge in [0, 0.05) is 0 Å². The number of rotatable bonds is 1.